The van der Waals surface area contributed by atoms with Crippen LogP contribution in [0.25, 0.3) is 139 Å². The molecule has 0 saturated heterocycles. The molecule has 2 aliphatic rings. The minimum Gasteiger partial charge on any atom is -0.143 e. The fourth-order valence-corrected chi connectivity index (χ4v) is 15.1. The third kappa shape index (κ3) is 4.42. The number of thiophene rings is 2. The van der Waals surface area contributed by atoms with E-state index in [-0.39, 0.29) is 11.2 Å². The van der Waals surface area contributed by atoms with E-state index in [2.05, 4.69) is 180 Å². The second-order valence-electron chi connectivity index (χ2n) is 17.9. The van der Waals surface area contributed by atoms with E-state index in [4.69, 9.17) is 0 Å². The lowest BCUT2D eigenvalue weighted by Gasteiger charge is -2.34. The van der Waals surface area contributed by atoms with Gasteiger partial charge in [-0.15, -0.1) is 34.4 Å². The molecule has 63 heavy (non-hydrogen) atoms. The second kappa shape index (κ2) is 12.0. The predicted molar refractivity (Wildman–Crippen MR) is 280 cm³/mol. The molecule has 290 valence electrons. The van der Waals surface area contributed by atoms with Crippen LogP contribution in [0.4, 0.5) is 0 Å². The van der Waals surface area contributed by atoms with E-state index in [0.717, 1.165) is 0 Å². The van der Waals surface area contributed by atoms with Crippen LogP contribution in [0.1, 0.15) is 22.3 Å². The molecule has 0 bridgehead atoms. The summed E-state index contributed by atoms with van der Waals surface area (Å²) in [5.41, 5.74) is 5.76. The number of rotatable bonds is 0. The number of hydrogen-bond acceptors (Lipinski definition) is 3. The van der Waals surface area contributed by atoms with Crippen molar-refractivity contribution >= 4 is 162 Å². The maximum Gasteiger partial charge on any atom is 0.0448 e. The molecule has 0 fully saturated rings. The first-order chi connectivity index (χ1) is 31.2. The molecule has 1 aliphatic carbocycles. The van der Waals surface area contributed by atoms with Crippen molar-refractivity contribution < 1.29 is 0 Å². The SMILES string of the molecule is C1=CC2c3c(c4c5ccsc5c5cc6cc7ccccc7cc6cc5c4c4c5ccsc5c5cc6cc7ccccc7cc6cc5c34)-c3cc4cc5ccccc5cc4cc3C2S1. The Labute approximate surface area is 373 Å². The zero-order valence-electron chi connectivity index (χ0n) is 33.7. The molecule has 0 radical (unpaired) electrons. The van der Waals surface area contributed by atoms with Crippen molar-refractivity contribution in [3.8, 4) is 11.1 Å². The molecule has 12 aromatic carbocycles. The van der Waals surface area contributed by atoms with E-state index in [1.54, 1.807) is 0 Å². The highest BCUT2D eigenvalue weighted by Gasteiger charge is 2.39. The second-order valence-corrected chi connectivity index (χ2v) is 20.8. The molecule has 1 aliphatic heterocycles. The van der Waals surface area contributed by atoms with Crippen LogP contribution in [0.5, 0.6) is 0 Å². The first-order valence-electron chi connectivity index (χ1n) is 21.8. The first kappa shape index (κ1) is 33.8. The third-order valence-electron chi connectivity index (χ3n) is 14.7. The first-order valence-corrected chi connectivity index (χ1v) is 24.5. The summed E-state index contributed by atoms with van der Waals surface area (Å²) in [6.45, 7) is 0. The molecular formula is C60H32S3. The highest BCUT2D eigenvalue weighted by Crippen LogP contribution is 2.63. The Morgan fingerprint density at radius 2 is 0.778 bits per heavy atom. The van der Waals surface area contributed by atoms with Gasteiger partial charge in [-0.2, -0.15) is 0 Å². The summed E-state index contributed by atoms with van der Waals surface area (Å²) < 4.78 is 2.75. The minimum atomic E-state index is 0.223. The van der Waals surface area contributed by atoms with Crippen molar-refractivity contribution in [3.63, 3.8) is 0 Å². The smallest absolute Gasteiger partial charge is 0.0448 e. The molecule has 3 heterocycles. The highest BCUT2D eigenvalue weighted by atomic mass is 32.2. The molecule has 0 N–H and O–H groups in total. The summed E-state index contributed by atoms with van der Waals surface area (Å²) in [7, 11) is 0. The molecule has 2 aromatic heterocycles. The van der Waals surface area contributed by atoms with E-state index >= 15 is 0 Å². The van der Waals surface area contributed by atoms with Crippen LogP contribution in [-0.2, 0) is 0 Å². The van der Waals surface area contributed by atoms with E-state index in [0.29, 0.717) is 0 Å². The largest absolute Gasteiger partial charge is 0.143 e. The van der Waals surface area contributed by atoms with Gasteiger partial charge in [0.25, 0.3) is 0 Å². The van der Waals surface area contributed by atoms with Crippen LogP contribution in [0.15, 0.2) is 180 Å². The van der Waals surface area contributed by atoms with Gasteiger partial charge in [0.1, 0.15) is 0 Å². The van der Waals surface area contributed by atoms with Crippen molar-refractivity contribution in [1.29, 1.82) is 0 Å². The van der Waals surface area contributed by atoms with Gasteiger partial charge in [0.2, 0.25) is 0 Å². The van der Waals surface area contributed by atoms with E-state index in [9.17, 15) is 0 Å². The molecule has 0 amide bonds. The van der Waals surface area contributed by atoms with Gasteiger partial charge < -0.3 is 0 Å². The van der Waals surface area contributed by atoms with Gasteiger partial charge in [-0.3, -0.25) is 0 Å². The minimum absolute atomic E-state index is 0.223. The van der Waals surface area contributed by atoms with Crippen LogP contribution in [0.3, 0.4) is 0 Å². The van der Waals surface area contributed by atoms with Gasteiger partial charge in [-0.05, 0) is 220 Å². The third-order valence-corrected chi connectivity index (χ3v) is 17.8. The molecule has 0 saturated carbocycles. The topological polar surface area (TPSA) is 0 Å². The van der Waals surface area contributed by atoms with E-state index in [1.165, 1.54) is 150 Å². The lowest BCUT2D eigenvalue weighted by Crippen LogP contribution is -2.13. The molecule has 0 nitrogen and oxygen atoms in total. The zero-order chi connectivity index (χ0) is 40.7. The van der Waals surface area contributed by atoms with Gasteiger partial charge in [0, 0.05) is 42.1 Å². The number of allylic oxidation sites excluding steroid dienone is 1. The van der Waals surface area contributed by atoms with Crippen LogP contribution in [0, 0.1) is 0 Å². The molecule has 14 aromatic rings. The molecule has 3 heteroatoms. The van der Waals surface area contributed by atoms with Crippen LogP contribution in [-0.4, -0.2) is 0 Å². The summed E-state index contributed by atoms with van der Waals surface area (Å²) in [5, 5.41) is 36.7. The Kier molecular flexibility index (Phi) is 6.46. The average molecular weight is 849 g/mol. The fourth-order valence-electron chi connectivity index (χ4n) is 12.0. The standard InChI is InChI=1S/C60H32S3/c1-4-10-34-22-40-28-49-46(25-37(40)19-31(34)7-1)55-52(43-13-16-61-58(43)49)56-48-27-39-21-33-9-3-6-12-36(33)24-42(39)30-51(48)60-45(15-18-63-60)54(56)57-47-26-38-20-32-8-2-5-11-35(32)23-41(38)29-50(47)59-44(53(55)57)14-17-62-59/h1-30,43,58H. The summed E-state index contributed by atoms with van der Waals surface area (Å²) in [6, 6.07) is 61.1. The molecule has 2 unspecified atom stereocenters. The maximum absolute atomic E-state index is 2.57. The maximum atomic E-state index is 2.57. The average Bonchev–Trinajstić information content (AvgIpc) is 4.13. The Hall–Kier alpha value is -6.75. The highest BCUT2D eigenvalue weighted by molar-refractivity contribution is 8.02. The lowest BCUT2D eigenvalue weighted by atomic mass is 9.71. The Balaban J connectivity index is 1.19. The van der Waals surface area contributed by atoms with Gasteiger partial charge in [-0.1, -0.05) is 78.9 Å². The normalized spacial score (nSPS) is 16.1. The van der Waals surface area contributed by atoms with Crippen molar-refractivity contribution in [3.05, 3.63) is 191 Å². The summed E-state index contributed by atoms with van der Waals surface area (Å²) >= 11 is 5.80. The lowest BCUT2D eigenvalue weighted by molar-refractivity contribution is 0.828. The number of fused-ring (bicyclic) bond motifs is 27. The molecule has 2 atom stereocenters. The fraction of sp³-hybridized carbons (Fsp3) is 0.0333. The Morgan fingerprint density at radius 3 is 1.30 bits per heavy atom. The van der Waals surface area contributed by atoms with Gasteiger partial charge in [0.15, 0.2) is 0 Å². The Morgan fingerprint density at radius 1 is 0.349 bits per heavy atom. The quantitative estimate of drug-likeness (QED) is 0.108. The summed E-state index contributed by atoms with van der Waals surface area (Å²) in [4.78, 5) is 0. The predicted octanol–water partition coefficient (Wildman–Crippen LogP) is 18.7. The van der Waals surface area contributed by atoms with Gasteiger partial charge >= 0.3 is 0 Å². The van der Waals surface area contributed by atoms with E-state index < -0.39 is 0 Å². The summed E-state index contributed by atoms with van der Waals surface area (Å²) in [6.07, 6.45) is 2.54. The van der Waals surface area contributed by atoms with Crippen molar-refractivity contribution in [2.45, 2.75) is 11.2 Å². The number of benzene rings is 12. The number of hydrogen-bond donors (Lipinski definition) is 0. The van der Waals surface area contributed by atoms with Crippen LogP contribution < -0.4 is 0 Å². The monoisotopic (exact) mass is 848 g/mol. The molecular weight excluding hydrogens is 817 g/mol. The van der Waals surface area contributed by atoms with Crippen molar-refractivity contribution in [2.75, 3.05) is 0 Å². The number of thioether (sulfide) groups is 1. The van der Waals surface area contributed by atoms with E-state index in [1.807, 2.05) is 34.4 Å². The summed E-state index contributed by atoms with van der Waals surface area (Å²) in [5.74, 6) is 0.223. The van der Waals surface area contributed by atoms with Gasteiger partial charge in [-0.25, -0.2) is 0 Å². The zero-order valence-corrected chi connectivity index (χ0v) is 36.1. The van der Waals surface area contributed by atoms with Gasteiger partial charge in [0.05, 0.1) is 0 Å². The van der Waals surface area contributed by atoms with Crippen LogP contribution in [0.2, 0.25) is 0 Å². The van der Waals surface area contributed by atoms with Crippen molar-refractivity contribution in [1.82, 2.24) is 0 Å². The Bertz CT molecular complexity index is 4480. The van der Waals surface area contributed by atoms with Crippen molar-refractivity contribution in [2.24, 2.45) is 0 Å². The molecule has 0 spiro atoms. The molecule has 16 rings (SSSR count). The van der Waals surface area contributed by atoms with Crippen LogP contribution >= 0.6 is 34.4 Å².